The highest BCUT2D eigenvalue weighted by atomic mass is 35.5. The van der Waals surface area contributed by atoms with Crippen LogP contribution in [0.5, 0.6) is 5.75 Å². The van der Waals surface area contributed by atoms with Crippen molar-refractivity contribution in [3.05, 3.63) is 28.8 Å². The molecular weight excluding hydrogens is 382 g/mol. The second kappa shape index (κ2) is 17.0. The van der Waals surface area contributed by atoms with Crippen molar-refractivity contribution in [1.82, 2.24) is 4.90 Å². The van der Waals surface area contributed by atoms with Gasteiger partial charge in [0, 0.05) is 17.1 Å². The van der Waals surface area contributed by atoms with Crippen molar-refractivity contribution in [2.24, 2.45) is 0 Å². The standard InChI is InChI=1S/C25H44ClNO2/c1-4-6-8-10-12-14-18-27(19-15-13-11-9-7-5-2)21-24(28)23-20-22(26)16-17-25(23)29-3/h16-17,20,24,28H,4-15,18-19,21H2,1-3H3/t24-/m0/s1. The van der Waals surface area contributed by atoms with Crippen LogP contribution in [0.3, 0.4) is 0 Å². The zero-order valence-corrected chi connectivity index (χ0v) is 19.9. The zero-order valence-electron chi connectivity index (χ0n) is 19.1. The van der Waals surface area contributed by atoms with E-state index in [0.29, 0.717) is 17.3 Å². The van der Waals surface area contributed by atoms with E-state index in [2.05, 4.69) is 18.7 Å². The summed E-state index contributed by atoms with van der Waals surface area (Å²) in [6.07, 6.45) is 15.0. The zero-order chi connectivity index (χ0) is 21.3. The normalized spacial score (nSPS) is 12.5. The monoisotopic (exact) mass is 425 g/mol. The number of methoxy groups -OCH3 is 1. The molecule has 0 fully saturated rings. The Morgan fingerprint density at radius 1 is 0.862 bits per heavy atom. The number of hydrogen-bond donors (Lipinski definition) is 1. The predicted molar refractivity (Wildman–Crippen MR) is 126 cm³/mol. The number of ether oxygens (including phenoxy) is 1. The first-order valence-corrected chi connectivity index (χ1v) is 12.2. The first-order chi connectivity index (χ1) is 14.1. The second-order valence-electron chi connectivity index (χ2n) is 8.24. The molecule has 1 aromatic carbocycles. The fourth-order valence-corrected chi connectivity index (χ4v) is 4.01. The lowest BCUT2D eigenvalue weighted by molar-refractivity contribution is 0.108. The summed E-state index contributed by atoms with van der Waals surface area (Å²) in [5.41, 5.74) is 0.788. The van der Waals surface area contributed by atoms with Crippen LogP contribution >= 0.6 is 11.6 Å². The Hall–Kier alpha value is -0.770. The van der Waals surface area contributed by atoms with Crippen LogP contribution in [0, 0.1) is 0 Å². The lowest BCUT2D eigenvalue weighted by Gasteiger charge is -2.26. The number of halogens is 1. The minimum atomic E-state index is -0.580. The maximum atomic E-state index is 10.9. The van der Waals surface area contributed by atoms with E-state index in [0.717, 1.165) is 18.7 Å². The SMILES string of the molecule is CCCCCCCCN(CCCCCCCC)C[C@H](O)c1cc(Cl)ccc1OC. The summed E-state index contributed by atoms with van der Waals surface area (Å²) in [6, 6.07) is 5.48. The molecule has 0 radical (unpaired) electrons. The van der Waals surface area contributed by atoms with E-state index in [1.165, 1.54) is 77.0 Å². The second-order valence-corrected chi connectivity index (χ2v) is 8.67. The molecule has 29 heavy (non-hydrogen) atoms. The molecule has 0 aromatic heterocycles. The Balaban J connectivity index is 2.55. The summed E-state index contributed by atoms with van der Waals surface area (Å²) < 4.78 is 5.44. The van der Waals surface area contributed by atoms with Crippen molar-refractivity contribution >= 4 is 11.6 Å². The van der Waals surface area contributed by atoms with Gasteiger partial charge in [0.05, 0.1) is 13.2 Å². The molecule has 1 rings (SSSR count). The van der Waals surface area contributed by atoms with Gasteiger partial charge in [-0.2, -0.15) is 0 Å². The van der Waals surface area contributed by atoms with Crippen molar-refractivity contribution < 1.29 is 9.84 Å². The first kappa shape index (κ1) is 26.3. The minimum Gasteiger partial charge on any atom is -0.496 e. The van der Waals surface area contributed by atoms with Gasteiger partial charge in [0.1, 0.15) is 5.75 Å². The topological polar surface area (TPSA) is 32.7 Å². The summed E-state index contributed by atoms with van der Waals surface area (Å²) in [4.78, 5) is 2.44. The molecule has 1 aromatic rings. The molecule has 0 aliphatic heterocycles. The highest BCUT2D eigenvalue weighted by molar-refractivity contribution is 6.30. The fourth-order valence-electron chi connectivity index (χ4n) is 3.83. The van der Waals surface area contributed by atoms with Crippen LogP contribution in [0.1, 0.15) is 103 Å². The highest BCUT2D eigenvalue weighted by Crippen LogP contribution is 2.29. The Bertz CT molecular complexity index is 508. The van der Waals surface area contributed by atoms with Crippen LogP contribution in [0.4, 0.5) is 0 Å². The number of hydrogen-bond acceptors (Lipinski definition) is 3. The number of benzene rings is 1. The lowest BCUT2D eigenvalue weighted by atomic mass is 10.1. The molecule has 1 atom stereocenters. The summed E-state index contributed by atoms with van der Waals surface area (Å²) in [7, 11) is 1.64. The molecule has 3 nitrogen and oxygen atoms in total. The number of aliphatic hydroxyl groups is 1. The van der Waals surface area contributed by atoms with Crippen LogP contribution in [0.2, 0.25) is 5.02 Å². The summed E-state index contributed by atoms with van der Waals surface area (Å²) in [5, 5.41) is 11.5. The molecule has 0 heterocycles. The van der Waals surface area contributed by atoms with E-state index in [4.69, 9.17) is 16.3 Å². The Morgan fingerprint density at radius 2 is 1.38 bits per heavy atom. The van der Waals surface area contributed by atoms with Gasteiger partial charge in [-0.1, -0.05) is 89.7 Å². The third-order valence-electron chi connectivity index (χ3n) is 5.64. The van der Waals surface area contributed by atoms with Gasteiger partial charge in [-0.25, -0.2) is 0 Å². The van der Waals surface area contributed by atoms with Gasteiger partial charge in [0.2, 0.25) is 0 Å². The van der Waals surface area contributed by atoms with Gasteiger partial charge in [-0.05, 0) is 44.1 Å². The number of unbranched alkanes of at least 4 members (excludes halogenated alkanes) is 10. The third-order valence-corrected chi connectivity index (χ3v) is 5.87. The Labute approximate surface area is 184 Å². The quantitative estimate of drug-likeness (QED) is 0.248. The predicted octanol–water partition coefficient (Wildman–Crippen LogP) is 7.41. The van der Waals surface area contributed by atoms with Crippen molar-refractivity contribution in [3.63, 3.8) is 0 Å². The summed E-state index contributed by atoms with van der Waals surface area (Å²) in [6.45, 7) is 7.27. The molecule has 0 unspecified atom stereocenters. The fraction of sp³-hybridized carbons (Fsp3) is 0.760. The van der Waals surface area contributed by atoms with Crippen LogP contribution in [-0.2, 0) is 0 Å². The molecule has 0 spiro atoms. The van der Waals surface area contributed by atoms with E-state index in [1.807, 2.05) is 12.1 Å². The van der Waals surface area contributed by atoms with E-state index in [9.17, 15) is 5.11 Å². The van der Waals surface area contributed by atoms with Gasteiger partial charge in [-0.3, -0.25) is 0 Å². The average Bonchev–Trinajstić information content (AvgIpc) is 2.72. The number of aliphatic hydroxyl groups excluding tert-OH is 1. The molecule has 0 aliphatic rings. The Morgan fingerprint density at radius 3 is 1.90 bits per heavy atom. The molecular formula is C25H44ClNO2. The lowest BCUT2D eigenvalue weighted by Crippen LogP contribution is -2.31. The molecule has 1 N–H and O–H groups in total. The van der Waals surface area contributed by atoms with Crippen molar-refractivity contribution in [2.45, 2.75) is 97.0 Å². The largest absolute Gasteiger partial charge is 0.496 e. The van der Waals surface area contributed by atoms with E-state index < -0.39 is 6.10 Å². The van der Waals surface area contributed by atoms with E-state index >= 15 is 0 Å². The maximum Gasteiger partial charge on any atom is 0.124 e. The van der Waals surface area contributed by atoms with Crippen LogP contribution in [0.15, 0.2) is 18.2 Å². The summed E-state index contributed by atoms with van der Waals surface area (Å²) in [5.74, 6) is 0.709. The molecule has 0 saturated heterocycles. The molecule has 0 saturated carbocycles. The van der Waals surface area contributed by atoms with Gasteiger partial charge >= 0.3 is 0 Å². The third kappa shape index (κ3) is 11.9. The smallest absolute Gasteiger partial charge is 0.124 e. The number of rotatable bonds is 18. The van der Waals surface area contributed by atoms with Crippen LogP contribution in [0.25, 0.3) is 0 Å². The van der Waals surface area contributed by atoms with Crippen LogP contribution in [-0.4, -0.2) is 36.8 Å². The highest BCUT2D eigenvalue weighted by Gasteiger charge is 2.17. The van der Waals surface area contributed by atoms with E-state index in [1.54, 1.807) is 13.2 Å². The molecule has 0 bridgehead atoms. The van der Waals surface area contributed by atoms with Gasteiger partial charge in [-0.15, -0.1) is 0 Å². The van der Waals surface area contributed by atoms with Crippen molar-refractivity contribution in [3.8, 4) is 5.75 Å². The molecule has 168 valence electrons. The number of nitrogens with zero attached hydrogens (tertiary/aromatic N) is 1. The van der Waals surface area contributed by atoms with E-state index in [-0.39, 0.29) is 0 Å². The van der Waals surface area contributed by atoms with Gasteiger partial charge in [0.15, 0.2) is 0 Å². The average molecular weight is 426 g/mol. The van der Waals surface area contributed by atoms with Gasteiger partial charge in [0.25, 0.3) is 0 Å². The minimum absolute atomic E-state index is 0.580. The van der Waals surface area contributed by atoms with Crippen LogP contribution < -0.4 is 4.74 Å². The van der Waals surface area contributed by atoms with Crippen molar-refractivity contribution in [1.29, 1.82) is 0 Å². The molecule has 0 amide bonds. The van der Waals surface area contributed by atoms with Crippen molar-refractivity contribution in [2.75, 3.05) is 26.7 Å². The van der Waals surface area contributed by atoms with Gasteiger partial charge < -0.3 is 14.7 Å². The first-order valence-electron chi connectivity index (χ1n) is 11.9. The molecule has 4 heteroatoms. The maximum absolute atomic E-state index is 10.9. The Kier molecular flexibility index (Phi) is 15.4. The summed E-state index contributed by atoms with van der Waals surface area (Å²) >= 11 is 6.16. The molecule has 0 aliphatic carbocycles.